The quantitative estimate of drug-likeness (QED) is 0.691. The molecule has 2 aromatic rings. The zero-order chi connectivity index (χ0) is 19.2. The molecule has 0 bridgehead atoms. The van der Waals surface area contributed by atoms with Crippen molar-refractivity contribution in [2.24, 2.45) is 5.92 Å². The van der Waals surface area contributed by atoms with Crippen LogP contribution in [0.3, 0.4) is 0 Å². The van der Waals surface area contributed by atoms with Crippen LogP contribution < -0.4 is 5.32 Å². The molecular formula is C22H26Cl2N2O. The van der Waals surface area contributed by atoms with E-state index in [1.165, 1.54) is 5.56 Å². The molecule has 0 radical (unpaired) electrons. The van der Waals surface area contributed by atoms with Crippen LogP contribution in [-0.2, 0) is 11.3 Å². The van der Waals surface area contributed by atoms with Gasteiger partial charge in [0.1, 0.15) is 0 Å². The Kier molecular flexibility index (Phi) is 7.17. The normalized spacial score (nSPS) is 16.9. The molecule has 1 amide bonds. The van der Waals surface area contributed by atoms with E-state index in [-0.39, 0.29) is 17.9 Å². The number of carbonyl (C=O) groups is 1. The van der Waals surface area contributed by atoms with E-state index in [9.17, 15) is 4.79 Å². The lowest BCUT2D eigenvalue weighted by Crippen LogP contribution is -2.41. The van der Waals surface area contributed by atoms with E-state index in [0.717, 1.165) is 44.5 Å². The molecule has 1 saturated heterocycles. The van der Waals surface area contributed by atoms with Crippen molar-refractivity contribution in [1.29, 1.82) is 0 Å². The molecule has 5 heteroatoms. The summed E-state index contributed by atoms with van der Waals surface area (Å²) in [5.74, 6) is 0.259. The first-order valence-corrected chi connectivity index (χ1v) is 10.3. The number of halogens is 2. The van der Waals surface area contributed by atoms with Gasteiger partial charge >= 0.3 is 0 Å². The predicted molar refractivity (Wildman–Crippen MR) is 112 cm³/mol. The highest BCUT2D eigenvalue weighted by Crippen LogP contribution is 2.26. The summed E-state index contributed by atoms with van der Waals surface area (Å²) in [6.45, 7) is 4.71. The second-order valence-corrected chi connectivity index (χ2v) is 8.01. The molecule has 1 fully saturated rings. The first-order chi connectivity index (χ1) is 13.1. The van der Waals surface area contributed by atoms with Crippen LogP contribution in [-0.4, -0.2) is 23.9 Å². The van der Waals surface area contributed by atoms with Gasteiger partial charge < -0.3 is 5.32 Å². The molecule has 0 saturated carbocycles. The topological polar surface area (TPSA) is 32.3 Å². The molecule has 1 aliphatic rings. The lowest BCUT2D eigenvalue weighted by molar-refractivity contribution is -0.127. The van der Waals surface area contributed by atoms with Crippen molar-refractivity contribution in [1.82, 2.24) is 10.2 Å². The van der Waals surface area contributed by atoms with Crippen LogP contribution in [0.4, 0.5) is 0 Å². The van der Waals surface area contributed by atoms with Gasteiger partial charge in [-0.25, -0.2) is 0 Å². The molecule has 27 heavy (non-hydrogen) atoms. The Bertz CT molecular complexity index is 758. The van der Waals surface area contributed by atoms with Gasteiger partial charge in [-0.1, -0.05) is 66.5 Å². The van der Waals surface area contributed by atoms with Gasteiger partial charge in [0.05, 0.1) is 6.04 Å². The van der Waals surface area contributed by atoms with Gasteiger partial charge in [0.25, 0.3) is 0 Å². The maximum Gasteiger partial charge on any atom is 0.223 e. The first kappa shape index (κ1) is 20.2. The van der Waals surface area contributed by atoms with Crippen molar-refractivity contribution in [2.75, 3.05) is 13.1 Å². The van der Waals surface area contributed by atoms with Crippen LogP contribution >= 0.6 is 23.2 Å². The summed E-state index contributed by atoms with van der Waals surface area (Å²) in [5, 5.41) is 4.60. The first-order valence-electron chi connectivity index (χ1n) is 9.58. The second-order valence-electron chi connectivity index (χ2n) is 7.17. The van der Waals surface area contributed by atoms with E-state index in [2.05, 4.69) is 29.3 Å². The van der Waals surface area contributed by atoms with Crippen LogP contribution in [0.25, 0.3) is 0 Å². The summed E-state index contributed by atoms with van der Waals surface area (Å²) < 4.78 is 0. The molecule has 2 aromatic carbocycles. The third kappa shape index (κ3) is 5.47. The Morgan fingerprint density at radius 3 is 2.48 bits per heavy atom. The number of hydrogen-bond acceptors (Lipinski definition) is 2. The zero-order valence-electron chi connectivity index (χ0n) is 15.6. The molecule has 0 spiro atoms. The minimum absolute atomic E-state index is 0.0831. The number of carbonyl (C=O) groups excluding carboxylic acids is 1. The second kappa shape index (κ2) is 9.59. The average molecular weight is 405 g/mol. The Hall–Kier alpha value is -1.55. The number of nitrogens with one attached hydrogen (secondary N) is 1. The molecule has 3 nitrogen and oxygen atoms in total. The van der Waals surface area contributed by atoms with Crippen LogP contribution in [0.2, 0.25) is 10.0 Å². The van der Waals surface area contributed by atoms with E-state index in [1.807, 2.05) is 30.3 Å². The lowest BCUT2D eigenvalue weighted by Gasteiger charge is -2.32. The molecule has 1 N–H and O–H groups in total. The van der Waals surface area contributed by atoms with Crippen LogP contribution in [0, 0.1) is 5.92 Å². The van der Waals surface area contributed by atoms with E-state index >= 15 is 0 Å². The van der Waals surface area contributed by atoms with Crippen molar-refractivity contribution < 1.29 is 4.79 Å². The molecule has 1 unspecified atom stereocenters. The van der Waals surface area contributed by atoms with Gasteiger partial charge in [0, 0.05) is 22.5 Å². The van der Waals surface area contributed by atoms with Gasteiger partial charge in [-0.2, -0.15) is 0 Å². The van der Waals surface area contributed by atoms with Gasteiger partial charge in [-0.3, -0.25) is 9.69 Å². The van der Waals surface area contributed by atoms with Crippen molar-refractivity contribution in [3.05, 3.63) is 69.7 Å². The van der Waals surface area contributed by atoms with Crippen LogP contribution in [0.1, 0.15) is 43.4 Å². The number of hydrogen-bond donors (Lipinski definition) is 1. The molecule has 144 valence electrons. The van der Waals surface area contributed by atoms with Gasteiger partial charge in [0.15, 0.2) is 0 Å². The number of nitrogens with zero attached hydrogens (tertiary/aromatic N) is 1. The van der Waals surface area contributed by atoms with Crippen molar-refractivity contribution in [2.45, 2.75) is 38.8 Å². The fraction of sp³-hybridized carbons (Fsp3) is 0.409. The third-order valence-electron chi connectivity index (χ3n) is 5.29. The Morgan fingerprint density at radius 2 is 1.85 bits per heavy atom. The minimum Gasteiger partial charge on any atom is -0.349 e. The summed E-state index contributed by atoms with van der Waals surface area (Å²) in [4.78, 5) is 15.1. The van der Waals surface area contributed by atoms with Crippen molar-refractivity contribution in [3.8, 4) is 0 Å². The van der Waals surface area contributed by atoms with Gasteiger partial charge in [0.2, 0.25) is 5.91 Å². The summed E-state index contributed by atoms with van der Waals surface area (Å²) in [6, 6.07) is 15.9. The Balaban J connectivity index is 1.51. The number of rotatable bonds is 6. The minimum atomic E-state index is 0.0831. The van der Waals surface area contributed by atoms with E-state index in [0.29, 0.717) is 10.0 Å². The zero-order valence-corrected chi connectivity index (χ0v) is 17.1. The molecule has 1 atom stereocenters. The largest absolute Gasteiger partial charge is 0.349 e. The molecular weight excluding hydrogens is 379 g/mol. The summed E-state index contributed by atoms with van der Waals surface area (Å²) in [5.41, 5.74) is 2.25. The SMILES string of the molecule is CCC(NC(=O)C1CCN(Cc2ccc(Cl)cc2Cl)CC1)c1ccccc1. The number of likely N-dealkylation sites (tertiary alicyclic amines) is 1. The van der Waals surface area contributed by atoms with Crippen molar-refractivity contribution >= 4 is 29.1 Å². The fourth-order valence-corrected chi connectivity index (χ4v) is 4.11. The number of amides is 1. The highest BCUT2D eigenvalue weighted by molar-refractivity contribution is 6.35. The number of piperidine rings is 1. The molecule has 1 heterocycles. The molecule has 0 aliphatic carbocycles. The smallest absolute Gasteiger partial charge is 0.223 e. The fourth-order valence-electron chi connectivity index (χ4n) is 3.64. The van der Waals surface area contributed by atoms with Gasteiger partial charge in [-0.05, 0) is 55.6 Å². The Labute approximate surface area is 171 Å². The van der Waals surface area contributed by atoms with Gasteiger partial charge in [-0.15, -0.1) is 0 Å². The summed E-state index contributed by atoms with van der Waals surface area (Å²) in [7, 11) is 0. The third-order valence-corrected chi connectivity index (χ3v) is 5.88. The highest BCUT2D eigenvalue weighted by atomic mass is 35.5. The van der Waals surface area contributed by atoms with E-state index < -0.39 is 0 Å². The predicted octanol–water partition coefficient (Wildman–Crippen LogP) is 5.47. The standard InChI is InChI=1S/C22H26Cl2N2O/c1-2-21(16-6-4-3-5-7-16)25-22(27)17-10-12-26(13-11-17)15-18-8-9-19(23)14-20(18)24/h3-9,14,17,21H,2,10-13,15H2,1H3,(H,25,27). The maximum absolute atomic E-state index is 12.7. The molecule has 1 aliphatic heterocycles. The average Bonchev–Trinajstić information content (AvgIpc) is 2.69. The monoisotopic (exact) mass is 404 g/mol. The highest BCUT2D eigenvalue weighted by Gasteiger charge is 2.26. The molecule has 0 aromatic heterocycles. The van der Waals surface area contributed by atoms with Crippen molar-refractivity contribution in [3.63, 3.8) is 0 Å². The summed E-state index contributed by atoms with van der Waals surface area (Å²) in [6.07, 6.45) is 2.65. The summed E-state index contributed by atoms with van der Waals surface area (Å²) >= 11 is 12.3. The lowest BCUT2D eigenvalue weighted by atomic mass is 9.94. The number of benzene rings is 2. The van der Waals surface area contributed by atoms with Crippen LogP contribution in [0.5, 0.6) is 0 Å². The molecule has 3 rings (SSSR count). The Morgan fingerprint density at radius 1 is 1.15 bits per heavy atom. The maximum atomic E-state index is 12.7. The van der Waals surface area contributed by atoms with E-state index in [4.69, 9.17) is 23.2 Å². The van der Waals surface area contributed by atoms with Crippen LogP contribution in [0.15, 0.2) is 48.5 Å². The van der Waals surface area contributed by atoms with E-state index in [1.54, 1.807) is 6.07 Å².